The Hall–Kier alpha value is -5.70. The summed E-state index contributed by atoms with van der Waals surface area (Å²) in [6, 6.07) is -6.31. The normalized spacial score (nSPS) is 23.5. The number of carboxylic acid groups (broad SMARTS) is 3. The molecule has 3 aliphatic heterocycles. The predicted octanol–water partition coefficient (Wildman–Crippen LogP) is -4.96. The molecule has 0 aromatic heterocycles. The number of rotatable bonds is 26. The Labute approximate surface area is 363 Å². The molecule has 3 heterocycles. The zero-order chi connectivity index (χ0) is 46.6. The molecule has 63 heavy (non-hydrogen) atoms. The van der Waals surface area contributed by atoms with Crippen LogP contribution in [-0.2, 0) is 47.9 Å². The number of amides is 5. The van der Waals surface area contributed by atoms with Gasteiger partial charge in [-0.1, -0.05) is 0 Å². The molecule has 0 radical (unpaired) electrons. The number of hydrogen-bond acceptors (Lipinski definition) is 16. The van der Waals surface area contributed by atoms with Gasteiger partial charge in [-0.25, -0.2) is 5.48 Å². The molecular formula is C37H62N12O14. The molecular weight excluding hydrogens is 836 g/mol. The minimum absolute atomic E-state index is 0.0155. The molecule has 13 N–H and O–H groups in total. The number of hydrogen-bond donors (Lipinski definition) is 12. The van der Waals surface area contributed by atoms with Crippen LogP contribution in [0, 0.1) is 11.3 Å². The molecule has 3 aliphatic rings. The SMILES string of the molecule is CN(CCN(CCCC(C[C@@H]1C[C@@H]2CC[C@H]3C(=O)N[C@@H](CCCNC(=N)N)C(=O)NCC(=O)N[C@@H](CC(=O)O)C(=O)N[C@H]1C(=O)N23)NO)CCN(CC(=O)O)CC(=O)O)COC=O. The Morgan fingerprint density at radius 3 is 2.22 bits per heavy atom. The molecule has 26 heteroatoms. The van der Waals surface area contributed by atoms with Crippen molar-refractivity contribution < 1.29 is 68.4 Å². The number of carbonyl (C=O) groups excluding carboxylic acids is 6. The molecule has 0 aliphatic carbocycles. The smallest absolute Gasteiger partial charge is 0.317 e. The lowest BCUT2D eigenvalue weighted by atomic mass is 9.81. The van der Waals surface area contributed by atoms with E-state index < -0.39 is 116 Å². The van der Waals surface area contributed by atoms with Crippen molar-refractivity contribution in [2.45, 2.75) is 94.0 Å². The van der Waals surface area contributed by atoms with Crippen LogP contribution in [0.15, 0.2) is 0 Å². The van der Waals surface area contributed by atoms with Crippen molar-refractivity contribution >= 4 is 59.9 Å². The highest BCUT2D eigenvalue weighted by Crippen LogP contribution is 2.38. The Morgan fingerprint density at radius 1 is 0.905 bits per heavy atom. The number of hydroxylamine groups is 1. The van der Waals surface area contributed by atoms with Crippen LogP contribution in [0.4, 0.5) is 0 Å². The molecule has 1 unspecified atom stereocenters. The van der Waals surface area contributed by atoms with Crippen LogP contribution >= 0.6 is 0 Å². The second-order valence-corrected chi connectivity index (χ2v) is 16.0. The van der Waals surface area contributed by atoms with Crippen molar-refractivity contribution in [3.8, 4) is 0 Å². The van der Waals surface area contributed by atoms with Crippen molar-refractivity contribution in [2.24, 2.45) is 11.7 Å². The monoisotopic (exact) mass is 898 g/mol. The molecule has 0 saturated carbocycles. The Morgan fingerprint density at radius 2 is 1.59 bits per heavy atom. The van der Waals surface area contributed by atoms with Crippen LogP contribution in [0.1, 0.15) is 57.8 Å². The molecule has 3 fully saturated rings. The number of ether oxygens (including phenoxy) is 1. The zero-order valence-corrected chi connectivity index (χ0v) is 35.3. The molecule has 0 aromatic rings. The highest BCUT2D eigenvalue weighted by Gasteiger charge is 2.51. The van der Waals surface area contributed by atoms with Crippen LogP contribution in [0.5, 0.6) is 0 Å². The summed E-state index contributed by atoms with van der Waals surface area (Å²) in [5.74, 6) is -8.68. The largest absolute Gasteiger partial charge is 0.481 e. The highest BCUT2D eigenvalue weighted by molar-refractivity contribution is 5.98. The van der Waals surface area contributed by atoms with Crippen LogP contribution in [-0.4, -0.2) is 209 Å². The number of carbonyl (C=O) groups is 9. The lowest BCUT2D eigenvalue weighted by molar-refractivity contribution is -0.150. The third-order valence-corrected chi connectivity index (χ3v) is 11.1. The van der Waals surface area contributed by atoms with Crippen LogP contribution in [0.25, 0.3) is 0 Å². The van der Waals surface area contributed by atoms with E-state index in [4.69, 9.17) is 15.9 Å². The second kappa shape index (κ2) is 26.0. The minimum atomic E-state index is -1.66. The maximum atomic E-state index is 14.5. The van der Waals surface area contributed by atoms with Crippen molar-refractivity contribution in [1.82, 2.24) is 51.7 Å². The van der Waals surface area contributed by atoms with Gasteiger partial charge in [0.2, 0.25) is 29.5 Å². The van der Waals surface area contributed by atoms with Crippen molar-refractivity contribution in [3.05, 3.63) is 0 Å². The summed E-state index contributed by atoms with van der Waals surface area (Å²) < 4.78 is 4.80. The van der Waals surface area contributed by atoms with Gasteiger partial charge in [-0.2, -0.15) is 0 Å². The van der Waals surface area contributed by atoms with E-state index in [0.29, 0.717) is 45.4 Å². The van der Waals surface area contributed by atoms with E-state index in [1.807, 2.05) is 4.90 Å². The molecule has 5 amide bonds. The van der Waals surface area contributed by atoms with Crippen molar-refractivity contribution in [1.29, 1.82) is 5.41 Å². The summed E-state index contributed by atoms with van der Waals surface area (Å²) in [4.78, 5) is 120. The van der Waals surface area contributed by atoms with E-state index in [1.54, 1.807) is 11.9 Å². The first-order valence-corrected chi connectivity index (χ1v) is 20.7. The Bertz CT molecular complexity index is 1620. The molecule has 354 valence electrons. The van der Waals surface area contributed by atoms with E-state index in [0.717, 1.165) is 0 Å². The van der Waals surface area contributed by atoms with Gasteiger partial charge >= 0.3 is 17.9 Å². The number of fused-ring (bicyclic) bond motifs is 1. The minimum Gasteiger partial charge on any atom is -0.481 e. The lowest BCUT2D eigenvalue weighted by Gasteiger charge is -2.43. The molecule has 2 bridgehead atoms. The summed E-state index contributed by atoms with van der Waals surface area (Å²) in [6.07, 6.45) is 1.23. The van der Waals surface area contributed by atoms with Crippen LogP contribution in [0.3, 0.4) is 0 Å². The fourth-order valence-electron chi connectivity index (χ4n) is 8.12. The summed E-state index contributed by atoms with van der Waals surface area (Å²) in [5, 5.41) is 58.6. The predicted molar refractivity (Wildman–Crippen MR) is 217 cm³/mol. The standard InChI is InChI=1S/C37H62N12O14/c1-46(20-63-21-50)10-11-47(12-13-48(18-30(54)55)19-31(56)57)9-3-4-23(45-62)14-22-15-24-6-7-27-35(60)43-25(5-2-8-40-37(38)39)33(58)41-17-28(51)42-26(16-29(52)53)34(59)44-32(22)36(61)49(24)27/h21-27,32,45,62H,2-20H2,1H3,(H,41,58)(H,42,51)(H,43,60)(H,44,59)(H,52,53)(H,54,55)(H,56,57)(H4,38,39,40)/t22-,23?,24+,25+,26+,27+,32-/m1/s1. The van der Waals surface area contributed by atoms with Crippen LogP contribution < -0.4 is 37.8 Å². The number of nitrogens with two attached hydrogens (primary N) is 1. The number of likely N-dealkylation sites (N-methyl/N-ethyl adjacent to an activating group) is 1. The molecule has 7 atom stereocenters. The first-order chi connectivity index (χ1) is 29.9. The number of aliphatic carboxylic acids is 3. The van der Waals surface area contributed by atoms with E-state index >= 15 is 0 Å². The van der Waals surface area contributed by atoms with Gasteiger partial charge in [0.15, 0.2) is 5.96 Å². The quantitative estimate of drug-likeness (QED) is 0.00966. The molecule has 0 spiro atoms. The molecule has 3 rings (SSSR count). The Balaban J connectivity index is 1.84. The van der Waals surface area contributed by atoms with Gasteiger partial charge in [-0.15, -0.1) is 0 Å². The lowest BCUT2D eigenvalue weighted by Crippen LogP contribution is -2.64. The number of guanidine groups is 1. The fourth-order valence-corrected chi connectivity index (χ4v) is 8.12. The van der Waals surface area contributed by atoms with Gasteiger partial charge in [-0.05, 0) is 70.9 Å². The number of piperidine rings is 1. The van der Waals surface area contributed by atoms with Gasteiger partial charge in [0.25, 0.3) is 6.47 Å². The first kappa shape index (κ1) is 51.6. The maximum absolute atomic E-state index is 14.5. The van der Waals surface area contributed by atoms with E-state index in [-0.39, 0.29) is 64.4 Å². The topological polar surface area (TPSA) is 379 Å². The average molecular weight is 899 g/mol. The van der Waals surface area contributed by atoms with Crippen LogP contribution in [0.2, 0.25) is 0 Å². The van der Waals surface area contributed by atoms with Gasteiger partial charge in [0.1, 0.15) is 30.9 Å². The number of carboxylic acids is 3. The van der Waals surface area contributed by atoms with Gasteiger partial charge in [0, 0.05) is 44.8 Å². The van der Waals surface area contributed by atoms with Gasteiger partial charge in [-0.3, -0.25) is 58.4 Å². The molecule has 0 aromatic carbocycles. The van der Waals surface area contributed by atoms with Crippen molar-refractivity contribution in [2.75, 3.05) is 72.7 Å². The Kier molecular flexibility index (Phi) is 21.4. The number of nitrogens with zero attached hydrogens (tertiary/aromatic N) is 4. The second-order valence-electron chi connectivity index (χ2n) is 16.0. The molecule has 26 nitrogen and oxygen atoms in total. The first-order valence-electron chi connectivity index (χ1n) is 20.7. The fraction of sp³-hybridized carbons (Fsp3) is 0.730. The summed E-state index contributed by atoms with van der Waals surface area (Å²) >= 11 is 0. The van der Waals surface area contributed by atoms with E-state index in [1.165, 1.54) is 9.80 Å². The summed E-state index contributed by atoms with van der Waals surface area (Å²) in [6.45, 7) is 0.475. The third kappa shape index (κ3) is 17.5. The maximum Gasteiger partial charge on any atom is 0.317 e. The van der Waals surface area contributed by atoms with E-state index in [9.17, 15) is 63.7 Å². The zero-order valence-electron chi connectivity index (χ0n) is 35.3. The average Bonchev–Trinajstić information content (AvgIpc) is 3.64. The number of nitrogens with one attached hydrogen (secondary N) is 7. The van der Waals surface area contributed by atoms with Gasteiger partial charge < -0.3 is 67.4 Å². The molecule has 3 saturated heterocycles. The van der Waals surface area contributed by atoms with Gasteiger partial charge in [0.05, 0.1) is 26.1 Å². The van der Waals surface area contributed by atoms with Crippen molar-refractivity contribution in [3.63, 3.8) is 0 Å². The van der Waals surface area contributed by atoms with E-state index in [2.05, 4.69) is 32.1 Å². The third-order valence-electron chi connectivity index (χ3n) is 11.1. The summed E-state index contributed by atoms with van der Waals surface area (Å²) in [5.41, 5.74) is 7.64. The highest BCUT2D eigenvalue weighted by atomic mass is 16.5. The summed E-state index contributed by atoms with van der Waals surface area (Å²) in [7, 11) is 1.72.